The molecule has 0 aromatic rings. The summed E-state index contributed by atoms with van der Waals surface area (Å²) in [4.78, 5) is 0. The zero-order valence-electron chi connectivity index (χ0n) is 15.4. The normalized spacial score (nSPS) is 44.3. The first-order valence-corrected chi connectivity index (χ1v) is 9.89. The van der Waals surface area contributed by atoms with Crippen LogP contribution in [-0.2, 0) is 0 Å². The van der Waals surface area contributed by atoms with Gasteiger partial charge in [-0.25, -0.2) is 0 Å². The predicted octanol–water partition coefficient (Wildman–Crippen LogP) is 6.40. The molecular formula is C21H38. The lowest BCUT2D eigenvalue weighted by Crippen LogP contribution is -2.21. The molecular weight excluding hydrogens is 252 g/mol. The molecule has 3 aliphatic rings. The predicted molar refractivity (Wildman–Crippen MR) is 92.1 cm³/mol. The topological polar surface area (TPSA) is 0 Å². The van der Waals surface area contributed by atoms with E-state index in [1.165, 1.54) is 38.5 Å². The van der Waals surface area contributed by atoms with E-state index in [1.807, 2.05) is 0 Å². The molecule has 0 aliphatic heterocycles. The van der Waals surface area contributed by atoms with Crippen LogP contribution in [0.15, 0.2) is 0 Å². The van der Waals surface area contributed by atoms with Crippen molar-refractivity contribution < 1.29 is 0 Å². The van der Waals surface area contributed by atoms with Gasteiger partial charge in [0.05, 0.1) is 0 Å². The summed E-state index contributed by atoms with van der Waals surface area (Å²) < 4.78 is 0. The molecule has 0 amide bonds. The van der Waals surface area contributed by atoms with E-state index in [4.69, 9.17) is 0 Å². The summed E-state index contributed by atoms with van der Waals surface area (Å²) in [6.07, 6.45) is 8.94. The molecule has 3 fully saturated rings. The van der Waals surface area contributed by atoms with Crippen molar-refractivity contribution in [2.75, 3.05) is 0 Å². The van der Waals surface area contributed by atoms with Crippen molar-refractivity contribution >= 4 is 0 Å². The lowest BCUT2D eigenvalue weighted by Gasteiger charge is -2.28. The van der Waals surface area contributed by atoms with Crippen LogP contribution in [0.3, 0.4) is 0 Å². The van der Waals surface area contributed by atoms with Gasteiger partial charge in [-0.2, -0.15) is 0 Å². The van der Waals surface area contributed by atoms with Crippen molar-refractivity contribution in [1.82, 2.24) is 0 Å². The molecule has 122 valence electrons. The standard InChI is InChI=1S/C21H38/c1-7-15-9-17(15)12-21(5,6)20-11-19(20)14(4)13(3)18-10-16(18)8-2/h13-20H,7-12H2,1-6H3. The highest BCUT2D eigenvalue weighted by Crippen LogP contribution is 2.62. The maximum Gasteiger partial charge on any atom is -0.0320 e. The fourth-order valence-electron chi connectivity index (χ4n) is 5.75. The molecule has 0 N–H and O–H groups in total. The Morgan fingerprint density at radius 3 is 1.95 bits per heavy atom. The molecule has 0 saturated heterocycles. The van der Waals surface area contributed by atoms with Crippen LogP contribution in [-0.4, -0.2) is 0 Å². The Kier molecular flexibility index (Phi) is 4.21. The highest BCUT2D eigenvalue weighted by atomic mass is 14.6. The molecule has 21 heavy (non-hydrogen) atoms. The molecule has 3 saturated carbocycles. The van der Waals surface area contributed by atoms with Gasteiger partial charge in [0.25, 0.3) is 0 Å². The molecule has 8 atom stereocenters. The Morgan fingerprint density at radius 2 is 1.43 bits per heavy atom. The van der Waals surface area contributed by atoms with Crippen LogP contribution in [0.2, 0.25) is 0 Å². The Hall–Kier alpha value is 0. The van der Waals surface area contributed by atoms with Crippen LogP contribution in [0.25, 0.3) is 0 Å². The largest absolute Gasteiger partial charge is 0.0651 e. The first-order chi connectivity index (χ1) is 9.89. The van der Waals surface area contributed by atoms with Crippen molar-refractivity contribution in [3.63, 3.8) is 0 Å². The molecule has 0 heterocycles. The van der Waals surface area contributed by atoms with Gasteiger partial charge in [-0.05, 0) is 78.4 Å². The second-order valence-electron chi connectivity index (χ2n) is 9.65. The van der Waals surface area contributed by atoms with Gasteiger partial charge in [-0.15, -0.1) is 0 Å². The summed E-state index contributed by atoms with van der Waals surface area (Å²) in [5, 5.41) is 0. The third kappa shape index (κ3) is 3.20. The summed E-state index contributed by atoms with van der Waals surface area (Å²) in [6, 6.07) is 0. The summed E-state index contributed by atoms with van der Waals surface area (Å²) in [6.45, 7) is 15.0. The maximum absolute atomic E-state index is 2.58. The first kappa shape index (κ1) is 15.9. The SMILES string of the molecule is CCC1CC1CC(C)(C)C1CC1C(C)C(C)C1CC1CC. The van der Waals surface area contributed by atoms with E-state index in [-0.39, 0.29) is 0 Å². The number of hydrogen-bond acceptors (Lipinski definition) is 0. The fraction of sp³-hybridized carbons (Fsp3) is 1.00. The molecule has 0 aromatic carbocycles. The summed E-state index contributed by atoms with van der Waals surface area (Å²) in [5.41, 5.74) is 0.612. The minimum absolute atomic E-state index is 0.612. The number of rotatable bonds is 8. The molecule has 0 aromatic heterocycles. The van der Waals surface area contributed by atoms with E-state index in [9.17, 15) is 0 Å². The van der Waals surface area contributed by atoms with Gasteiger partial charge in [0.1, 0.15) is 0 Å². The molecule has 3 rings (SSSR count). The van der Waals surface area contributed by atoms with Gasteiger partial charge >= 0.3 is 0 Å². The van der Waals surface area contributed by atoms with E-state index >= 15 is 0 Å². The van der Waals surface area contributed by atoms with Crippen molar-refractivity contribution in [3.05, 3.63) is 0 Å². The molecule has 0 nitrogen and oxygen atoms in total. The van der Waals surface area contributed by atoms with Gasteiger partial charge in [-0.1, -0.05) is 54.4 Å². The van der Waals surface area contributed by atoms with Crippen molar-refractivity contribution in [2.45, 2.75) is 80.1 Å². The van der Waals surface area contributed by atoms with Crippen LogP contribution in [0.1, 0.15) is 80.1 Å². The average molecular weight is 291 g/mol. The van der Waals surface area contributed by atoms with Crippen LogP contribution in [0, 0.1) is 52.8 Å². The highest BCUT2D eigenvalue weighted by Gasteiger charge is 2.54. The van der Waals surface area contributed by atoms with Crippen LogP contribution in [0.5, 0.6) is 0 Å². The molecule has 0 bridgehead atoms. The van der Waals surface area contributed by atoms with E-state index < -0.39 is 0 Å². The van der Waals surface area contributed by atoms with Crippen LogP contribution in [0.4, 0.5) is 0 Å². The quantitative estimate of drug-likeness (QED) is 0.485. The lowest BCUT2D eigenvalue weighted by atomic mass is 9.77. The van der Waals surface area contributed by atoms with E-state index in [2.05, 4.69) is 41.5 Å². The minimum Gasteiger partial charge on any atom is -0.0651 e. The molecule has 8 unspecified atom stereocenters. The maximum atomic E-state index is 2.58. The molecule has 0 heteroatoms. The van der Waals surface area contributed by atoms with Gasteiger partial charge in [0, 0.05) is 0 Å². The van der Waals surface area contributed by atoms with E-state index in [1.54, 1.807) is 0 Å². The zero-order chi connectivity index (χ0) is 15.4. The second kappa shape index (κ2) is 5.57. The smallest absolute Gasteiger partial charge is 0.0320 e. The van der Waals surface area contributed by atoms with Gasteiger partial charge in [0.2, 0.25) is 0 Å². The Morgan fingerprint density at radius 1 is 0.810 bits per heavy atom. The summed E-state index contributed by atoms with van der Waals surface area (Å²) >= 11 is 0. The summed E-state index contributed by atoms with van der Waals surface area (Å²) in [7, 11) is 0. The van der Waals surface area contributed by atoms with Crippen LogP contribution < -0.4 is 0 Å². The number of hydrogen-bond donors (Lipinski definition) is 0. The molecule has 3 aliphatic carbocycles. The zero-order valence-corrected chi connectivity index (χ0v) is 15.4. The third-order valence-corrected chi connectivity index (χ3v) is 7.91. The Bertz CT molecular complexity index is 368. The lowest BCUT2D eigenvalue weighted by molar-refractivity contribution is 0.207. The minimum atomic E-state index is 0.612. The van der Waals surface area contributed by atoms with Gasteiger partial charge < -0.3 is 0 Å². The monoisotopic (exact) mass is 290 g/mol. The van der Waals surface area contributed by atoms with Crippen LogP contribution >= 0.6 is 0 Å². The molecule has 0 radical (unpaired) electrons. The molecule has 0 spiro atoms. The Balaban J connectivity index is 1.48. The van der Waals surface area contributed by atoms with Gasteiger partial charge in [0.15, 0.2) is 0 Å². The Labute approximate surface area is 133 Å². The van der Waals surface area contributed by atoms with Crippen molar-refractivity contribution in [1.29, 1.82) is 0 Å². The first-order valence-electron chi connectivity index (χ1n) is 9.89. The second-order valence-corrected chi connectivity index (χ2v) is 9.65. The fourth-order valence-corrected chi connectivity index (χ4v) is 5.75. The average Bonchev–Trinajstić information content (AvgIpc) is 3.32. The third-order valence-electron chi connectivity index (χ3n) is 7.91. The van der Waals surface area contributed by atoms with Gasteiger partial charge in [-0.3, -0.25) is 0 Å². The van der Waals surface area contributed by atoms with Crippen molar-refractivity contribution in [2.24, 2.45) is 52.8 Å². The van der Waals surface area contributed by atoms with Crippen molar-refractivity contribution in [3.8, 4) is 0 Å². The van der Waals surface area contributed by atoms with E-state index in [0.717, 1.165) is 47.3 Å². The van der Waals surface area contributed by atoms with E-state index in [0.29, 0.717) is 5.41 Å². The highest BCUT2D eigenvalue weighted by molar-refractivity contribution is 5.03. The summed E-state index contributed by atoms with van der Waals surface area (Å²) in [5.74, 6) is 8.33.